The van der Waals surface area contributed by atoms with Crippen LogP contribution < -0.4 is 0 Å². The minimum atomic E-state index is 0.610. The third-order valence-electron chi connectivity index (χ3n) is 2.51. The van der Waals surface area contributed by atoms with Crippen LogP contribution in [-0.4, -0.2) is 14.8 Å². The number of thiol groups is 1. The molecular formula is C12H12BrN3S. The SMILES string of the molecule is C/C(=C\c1nnc(S)n1C)c1cccc(Br)c1. The molecule has 0 spiro atoms. The Balaban J connectivity index is 2.37. The zero-order valence-electron chi connectivity index (χ0n) is 9.55. The Morgan fingerprint density at radius 3 is 2.76 bits per heavy atom. The van der Waals surface area contributed by atoms with Crippen molar-refractivity contribution in [1.82, 2.24) is 14.8 Å². The van der Waals surface area contributed by atoms with E-state index in [0.29, 0.717) is 5.16 Å². The predicted octanol–water partition coefficient (Wildman–Crippen LogP) is 3.43. The van der Waals surface area contributed by atoms with E-state index in [1.165, 1.54) is 0 Å². The van der Waals surface area contributed by atoms with Gasteiger partial charge in [-0.2, -0.15) is 0 Å². The van der Waals surface area contributed by atoms with Gasteiger partial charge in [-0.15, -0.1) is 22.8 Å². The molecule has 0 saturated carbocycles. The molecule has 0 atom stereocenters. The lowest BCUT2D eigenvalue weighted by Gasteiger charge is -2.02. The Labute approximate surface area is 114 Å². The van der Waals surface area contributed by atoms with Gasteiger partial charge in [0, 0.05) is 11.5 Å². The first kappa shape index (κ1) is 12.4. The Morgan fingerprint density at radius 1 is 1.41 bits per heavy atom. The fourth-order valence-corrected chi connectivity index (χ4v) is 2.02. The largest absolute Gasteiger partial charge is 0.306 e. The average Bonchev–Trinajstić information content (AvgIpc) is 2.61. The predicted molar refractivity (Wildman–Crippen MR) is 75.9 cm³/mol. The van der Waals surface area contributed by atoms with Crippen LogP contribution in [0.25, 0.3) is 11.6 Å². The van der Waals surface area contributed by atoms with Crippen molar-refractivity contribution >= 4 is 40.2 Å². The van der Waals surface area contributed by atoms with Crippen LogP contribution in [0.4, 0.5) is 0 Å². The zero-order valence-corrected chi connectivity index (χ0v) is 12.0. The number of hydrogen-bond donors (Lipinski definition) is 1. The fourth-order valence-electron chi connectivity index (χ4n) is 1.47. The maximum atomic E-state index is 4.20. The monoisotopic (exact) mass is 309 g/mol. The van der Waals surface area contributed by atoms with Gasteiger partial charge in [-0.3, -0.25) is 0 Å². The van der Waals surface area contributed by atoms with E-state index in [2.05, 4.69) is 57.8 Å². The summed E-state index contributed by atoms with van der Waals surface area (Å²) in [5, 5.41) is 8.56. The molecule has 0 N–H and O–H groups in total. The molecule has 2 rings (SSSR count). The highest BCUT2D eigenvalue weighted by Crippen LogP contribution is 2.20. The minimum Gasteiger partial charge on any atom is -0.306 e. The third-order valence-corrected chi connectivity index (χ3v) is 3.39. The van der Waals surface area contributed by atoms with Crippen LogP contribution in [-0.2, 0) is 7.05 Å². The van der Waals surface area contributed by atoms with Gasteiger partial charge in [-0.1, -0.05) is 28.1 Å². The summed E-state index contributed by atoms with van der Waals surface area (Å²) in [6.45, 7) is 2.05. The van der Waals surface area contributed by atoms with Crippen molar-refractivity contribution in [2.24, 2.45) is 7.05 Å². The zero-order chi connectivity index (χ0) is 12.4. The quantitative estimate of drug-likeness (QED) is 0.862. The molecule has 0 aliphatic rings. The third kappa shape index (κ3) is 2.79. The summed E-state index contributed by atoms with van der Waals surface area (Å²) >= 11 is 7.66. The molecule has 0 saturated heterocycles. The molecule has 0 aliphatic heterocycles. The highest BCUT2D eigenvalue weighted by atomic mass is 79.9. The van der Waals surface area contributed by atoms with Crippen LogP contribution in [0.3, 0.4) is 0 Å². The Morgan fingerprint density at radius 2 is 2.18 bits per heavy atom. The van der Waals surface area contributed by atoms with E-state index in [-0.39, 0.29) is 0 Å². The van der Waals surface area contributed by atoms with Gasteiger partial charge in [-0.05, 0) is 36.3 Å². The lowest BCUT2D eigenvalue weighted by Crippen LogP contribution is -1.92. The second-order valence-corrected chi connectivity index (χ2v) is 5.07. The summed E-state index contributed by atoms with van der Waals surface area (Å²) in [5.41, 5.74) is 2.29. The molecule has 0 bridgehead atoms. The first-order valence-corrected chi connectivity index (χ1v) is 6.34. The van der Waals surface area contributed by atoms with E-state index >= 15 is 0 Å². The molecule has 1 aromatic carbocycles. The summed E-state index contributed by atoms with van der Waals surface area (Å²) in [6.07, 6.45) is 1.99. The van der Waals surface area contributed by atoms with Crippen molar-refractivity contribution in [3.8, 4) is 0 Å². The Kier molecular flexibility index (Phi) is 3.69. The van der Waals surface area contributed by atoms with Gasteiger partial charge < -0.3 is 4.57 Å². The molecule has 0 radical (unpaired) electrons. The normalized spacial score (nSPS) is 11.9. The molecule has 0 amide bonds. The summed E-state index contributed by atoms with van der Waals surface area (Å²) in [5.74, 6) is 0.799. The van der Waals surface area contributed by atoms with Gasteiger partial charge in [0.05, 0.1) is 0 Å². The van der Waals surface area contributed by atoms with Gasteiger partial charge in [0.15, 0.2) is 11.0 Å². The molecular weight excluding hydrogens is 298 g/mol. The molecule has 0 aliphatic carbocycles. The number of hydrogen-bond acceptors (Lipinski definition) is 3. The van der Waals surface area contributed by atoms with E-state index in [4.69, 9.17) is 0 Å². The smallest absolute Gasteiger partial charge is 0.188 e. The van der Waals surface area contributed by atoms with Gasteiger partial charge >= 0.3 is 0 Å². The molecule has 0 unspecified atom stereocenters. The number of benzene rings is 1. The molecule has 88 valence electrons. The second-order valence-electron chi connectivity index (χ2n) is 3.75. The highest BCUT2D eigenvalue weighted by molar-refractivity contribution is 9.10. The minimum absolute atomic E-state index is 0.610. The van der Waals surface area contributed by atoms with Crippen molar-refractivity contribution in [3.05, 3.63) is 40.1 Å². The summed E-state index contributed by atoms with van der Waals surface area (Å²) in [6, 6.07) is 8.15. The van der Waals surface area contributed by atoms with Crippen molar-refractivity contribution < 1.29 is 0 Å². The fraction of sp³-hybridized carbons (Fsp3) is 0.167. The van der Waals surface area contributed by atoms with Crippen LogP contribution in [0.5, 0.6) is 0 Å². The van der Waals surface area contributed by atoms with Crippen molar-refractivity contribution in [2.45, 2.75) is 12.1 Å². The first-order chi connectivity index (χ1) is 8.08. The van der Waals surface area contributed by atoms with E-state index in [9.17, 15) is 0 Å². The van der Waals surface area contributed by atoms with Gasteiger partial charge in [0.25, 0.3) is 0 Å². The van der Waals surface area contributed by atoms with Crippen LogP contribution in [0.1, 0.15) is 18.3 Å². The number of aromatic nitrogens is 3. The second kappa shape index (κ2) is 5.06. The van der Waals surface area contributed by atoms with Crippen molar-refractivity contribution in [3.63, 3.8) is 0 Å². The van der Waals surface area contributed by atoms with E-state index < -0.39 is 0 Å². The molecule has 2 aromatic rings. The Hall–Kier alpha value is -1.07. The van der Waals surface area contributed by atoms with E-state index in [0.717, 1.165) is 21.4 Å². The number of nitrogens with zero attached hydrogens (tertiary/aromatic N) is 3. The topological polar surface area (TPSA) is 30.7 Å². The van der Waals surface area contributed by atoms with E-state index in [1.54, 1.807) is 0 Å². The molecule has 17 heavy (non-hydrogen) atoms. The molecule has 3 nitrogen and oxygen atoms in total. The number of rotatable bonds is 2. The molecule has 5 heteroatoms. The number of halogens is 1. The van der Waals surface area contributed by atoms with Gasteiger partial charge in [-0.25, -0.2) is 0 Å². The summed E-state index contributed by atoms with van der Waals surface area (Å²) < 4.78 is 2.90. The van der Waals surface area contributed by atoms with Gasteiger partial charge in [0.2, 0.25) is 0 Å². The maximum Gasteiger partial charge on any atom is 0.188 e. The lowest BCUT2D eigenvalue weighted by molar-refractivity contribution is 0.786. The summed E-state index contributed by atoms with van der Waals surface area (Å²) in [4.78, 5) is 0. The first-order valence-electron chi connectivity index (χ1n) is 5.10. The van der Waals surface area contributed by atoms with Crippen molar-refractivity contribution in [2.75, 3.05) is 0 Å². The maximum absolute atomic E-state index is 4.20. The molecule has 1 heterocycles. The van der Waals surface area contributed by atoms with Crippen LogP contribution >= 0.6 is 28.6 Å². The van der Waals surface area contributed by atoms with Crippen LogP contribution in [0, 0.1) is 0 Å². The summed E-state index contributed by atoms with van der Waals surface area (Å²) in [7, 11) is 1.89. The molecule has 0 fully saturated rings. The molecule has 1 aromatic heterocycles. The van der Waals surface area contributed by atoms with Gasteiger partial charge in [0.1, 0.15) is 0 Å². The standard InChI is InChI=1S/C12H12BrN3S/c1-8(9-4-3-5-10(13)7-9)6-11-14-15-12(17)16(11)2/h3-7H,1-2H3,(H,15,17)/b8-6+. The van der Waals surface area contributed by atoms with Crippen molar-refractivity contribution in [1.29, 1.82) is 0 Å². The Bertz CT molecular complexity index is 575. The van der Waals surface area contributed by atoms with Crippen LogP contribution in [0.15, 0.2) is 33.9 Å². The average molecular weight is 310 g/mol. The van der Waals surface area contributed by atoms with E-state index in [1.807, 2.05) is 29.8 Å². The van der Waals surface area contributed by atoms with Crippen LogP contribution in [0.2, 0.25) is 0 Å². The lowest BCUT2D eigenvalue weighted by atomic mass is 10.1. The number of allylic oxidation sites excluding steroid dienone is 1. The highest BCUT2D eigenvalue weighted by Gasteiger charge is 2.04.